The van der Waals surface area contributed by atoms with Crippen LogP contribution in [0, 0.1) is 6.92 Å². The van der Waals surface area contributed by atoms with Gasteiger partial charge in [0.15, 0.2) is 0 Å². The molecule has 0 amide bonds. The van der Waals surface area contributed by atoms with Gasteiger partial charge in [0.2, 0.25) is 8.32 Å². The summed E-state index contributed by atoms with van der Waals surface area (Å²) in [6, 6.07) is 22.1. The van der Waals surface area contributed by atoms with Crippen molar-refractivity contribution in [2.75, 3.05) is 0 Å². The molecule has 0 spiro atoms. The smallest absolute Gasteiger partial charge is 0.250 e. The van der Waals surface area contributed by atoms with Gasteiger partial charge < -0.3 is 9.16 Å². The Morgan fingerprint density at radius 2 is 1.69 bits per heavy atom. The van der Waals surface area contributed by atoms with Crippen LogP contribution in [-0.2, 0) is 18.4 Å². The summed E-state index contributed by atoms with van der Waals surface area (Å²) in [5.74, 6) is 2.57. The van der Waals surface area contributed by atoms with Crippen LogP contribution in [0.25, 0.3) is 0 Å². The topological polar surface area (TPSA) is 18.5 Å². The van der Waals surface area contributed by atoms with Gasteiger partial charge in [-0.2, -0.15) is 0 Å². The van der Waals surface area contributed by atoms with Crippen molar-refractivity contribution in [1.82, 2.24) is 0 Å². The molecule has 2 nitrogen and oxygen atoms in total. The predicted molar refractivity (Wildman–Crippen MR) is 153 cm³/mol. The number of benzene rings is 3. The largest absolute Gasteiger partial charge is 0.543 e. The molecular formula is C33H42O2Si. The van der Waals surface area contributed by atoms with Crippen molar-refractivity contribution in [3.05, 3.63) is 94.0 Å². The molecule has 3 aromatic rings. The van der Waals surface area contributed by atoms with Crippen molar-refractivity contribution in [3.8, 4) is 11.5 Å². The molecule has 0 N–H and O–H groups in total. The molecule has 1 atom stereocenters. The molecule has 3 heteroatoms. The average molecular weight is 499 g/mol. The summed E-state index contributed by atoms with van der Waals surface area (Å²) >= 11 is 0. The van der Waals surface area contributed by atoms with Gasteiger partial charge in [0, 0.05) is 11.5 Å². The quantitative estimate of drug-likeness (QED) is 0.302. The summed E-state index contributed by atoms with van der Waals surface area (Å²) in [5.41, 5.74) is 8.64. The molecule has 1 fully saturated rings. The number of hydrogen-bond donors (Lipinski definition) is 0. The highest BCUT2D eigenvalue weighted by Crippen LogP contribution is 2.52. The van der Waals surface area contributed by atoms with Gasteiger partial charge in [0.05, 0.1) is 0 Å². The Bertz CT molecular complexity index is 1250. The molecule has 0 bridgehead atoms. The van der Waals surface area contributed by atoms with Crippen molar-refractivity contribution < 1.29 is 9.16 Å². The standard InChI is InChI=1S/C33H42O2Si/c1-23-19-27(35-36(6,7)32(2,3)4)20-26-13-15-28(31(23)26)25-14-16-30(29(21-25)33(5)17-18-33)34-22-24-11-9-8-10-12-24/h8-12,14,16,19-21,28H,13,15,17-18,22H2,1-7H3. The van der Waals surface area contributed by atoms with Gasteiger partial charge in [-0.05, 0) is 102 Å². The molecule has 5 rings (SSSR count). The second kappa shape index (κ2) is 9.10. The zero-order chi connectivity index (χ0) is 25.7. The Balaban J connectivity index is 1.42. The van der Waals surface area contributed by atoms with E-state index in [1.54, 1.807) is 0 Å². The Morgan fingerprint density at radius 1 is 0.972 bits per heavy atom. The summed E-state index contributed by atoms with van der Waals surface area (Å²) in [6.45, 7) is 16.9. The SMILES string of the molecule is Cc1cc(O[Si](C)(C)C(C)(C)C)cc2c1C(c1ccc(OCc3ccccc3)c(C3(C)CC3)c1)CC2. The normalized spacial score (nSPS) is 18.6. The molecule has 0 heterocycles. The van der Waals surface area contributed by atoms with E-state index in [1.807, 2.05) is 0 Å². The first-order chi connectivity index (χ1) is 17.0. The van der Waals surface area contributed by atoms with Gasteiger partial charge >= 0.3 is 0 Å². The highest BCUT2D eigenvalue weighted by Gasteiger charge is 2.42. The van der Waals surface area contributed by atoms with Gasteiger partial charge in [-0.15, -0.1) is 0 Å². The van der Waals surface area contributed by atoms with E-state index in [2.05, 4.69) is 108 Å². The maximum atomic E-state index is 6.69. The first-order valence-electron chi connectivity index (χ1n) is 13.6. The monoisotopic (exact) mass is 498 g/mol. The van der Waals surface area contributed by atoms with E-state index < -0.39 is 8.32 Å². The zero-order valence-corrected chi connectivity index (χ0v) is 24.2. The van der Waals surface area contributed by atoms with Crippen LogP contribution in [0.15, 0.2) is 60.7 Å². The second-order valence-corrected chi connectivity index (χ2v) is 17.6. The van der Waals surface area contributed by atoms with Crippen LogP contribution < -0.4 is 9.16 Å². The maximum Gasteiger partial charge on any atom is 0.250 e. The minimum atomic E-state index is -1.86. The van der Waals surface area contributed by atoms with Gasteiger partial charge in [0.25, 0.3) is 0 Å². The van der Waals surface area contributed by atoms with E-state index in [0.717, 1.165) is 17.9 Å². The lowest BCUT2D eigenvalue weighted by Crippen LogP contribution is -2.43. The van der Waals surface area contributed by atoms with Gasteiger partial charge in [0.1, 0.15) is 18.1 Å². The highest BCUT2D eigenvalue weighted by atomic mass is 28.4. The van der Waals surface area contributed by atoms with Crippen molar-refractivity contribution in [2.45, 2.75) is 96.4 Å². The molecule has 0 aliphatic heterocycles. The van der Waals surface area contributed by atoms with Crippen LogP contribution in [0.4, 0.5) is 0 Å². The van der Waals surface area contributed by atoms with Crippen LogP contribution in [0.2, 0.25) is 18.1 Å². The maximum absolute atomic E-state index is 6.69. The molecular weight excluding hydrogens is 456 g/mol. The van der Waals surface area contributed by atoms with Crippen molar-refractivity contribution >= 4 is 8.32 Å². The van der Waals surface area contributed by atoms with E-state index in [4.69, 9.17) is 9.16 Å². The summed E-state index contributed by atoms with van der Waals surface area (Å²) in [6.07, 6.45) is 4.77. The van der Waals surface area contributed by atoms with E-state index in [1.165, 1.54) is 52.6 Å². The summed E-state index contributed by atoms with van der Waals surface area (Å²) < 4.78 is 13.1. The minimum Gasteiger partial charge on any atom is -0.543 e. The van der Waals surface area contributed by atoms with Crippen LogP contribution in [0.1, 0.15) is 86.3 Å². The third-order valence-electron chi connectivity index (χ3n) is 8.97. The molecule has 3 aromatic carbocycles. The number of rotatable bonds is 7. The van der Waals surface area contributed by atoms with Crippen LogP contribution in [-0.4, -0.2) is 8.32 Å². The van der Waals surface area contributed by atoms with Crippen molar-refractivity contribution in [2.24, 2.45) is 0 Å². The lowest BCUT2D eigenvalue weighted by molar-refractivity contribution is 0.300. The van der Waals surface area contributed by atoms with Crippen molar-refractivity contribution in [3.63, 3.8) is 0 Å². The van der Waals surface area contributed by atoms with Gasteiger partial charge in [-0.3, -0.25) is 0 Å². The van der Waals surface area contributed by atoms with Gasteiger partial charge in [-0.1, -0.05) is 70.2 Å². The molecule has 2 aliphatic rings. The second-order valence-electron chi connectivity index (χ2n) is 12.9. The molecule has 2 aliphatic carbocycles. The molecule has 190 valence electrons. The third kappa shape index (κ3) is 4.87. The molecule has 36 heavy (non-hydrogen) atoms. The average Bonchev–Trinajstić information content (AvgIpc) is 3.42. The predicted octanol–water partition coefficient (Wildman–Crippen LogP) is 9.09. The van der Waals surface area contributed by atoms with Crippen LogP contribution in [0.3, 0.4) is 0 Å². The lowest BCUT2D eigenvalue weighted by Gasteiger charge is -2.36. The van der Waals surface area contributed by atoms with Gasteiger partial charge in [-0.25, -0.2) is 0 Å². The van der Waals surface area contributed by atoms with Crippen molar-refractivity contribution in [1.29, 1.82) is 0 Å². The first kappa shape index (κ1) is 25.1. The lowest BCUT2D eigenvalue weighted by atomic mass is 9.86. The molecule has 1 unspecified atom stereocenters. The Kier molecular flexibility index (Phi) is 6.35. The van der Waals surface area contributed by atoms with Crippen LogP contribution in [0.5, 0.6) is 11.5 Å². The Morgan fingerprint density at radius 3 is 2.36 bits per heavy atom. The summed E-state index contributed by atoms with van der Waals surface area (Å²) in [4.78, 5) is 0. The van der Waals surface area contributed by atoms with E-state index >= 15 is 0 Å². The summed E-state index contributed by atoms with van der Waals surface area (Å²) in [7, 11) is -1.86. The van der Waals surface area contributed by atoms with Crippen LogP contribution >= 0.6 is 0 Å². The zero-order valence-electron chi connectivity index (χ0n) is 23.2. The number of ether oxygens (including phenoxy) is 1. The van der Waals surface area contributed by atoms with E-state index in [-0.39, 0.29) is 10.5 Å². The molecule has 0 radical (unpaired) electrons. The third-order valence-corrected chi connectivity index (χ3v) is 13.3. The van der Waals surface area contributed by atoms with E-state index in [9.17, 15) is 0 Å². The highest BCUT2D eigenvalue weighted by molar-refractivity contribution is 6.74. The van der Waals surface area contributed by atoms with E-state index in [0.29, 0.717) is 12.5 Å². The summed E-state index contributed by atoms with van der Waals surface area (Å²) in [5, 5.41) is 0.197. The fourth-order valence-corrected chi connectivity index (χ4v) is 6.39. The fourth-order valence-electron chi connectivity index (χ4n) is 5.38. The molecule has 0 aromatic heterocycles. The molecule has 1 saturated carbocycles. The minimum absolute atomic E-state index is 0.197. The Labute approximate surface area is 219 Å². The number of aryl methyl sites for hydroxylation is 2. The number of fused-ring (bicyclic) bond motifs is 1. The fraction of sp³-hybridized carbons (Fsp3) is 0.455. The molecule has 0 saturated heterocycles. The Hall–Kier alpha value is -2.52. The first-order valence-corrected chi connectivity index (χ1v) is 16.5. The number of hydrogen-bond acceptors (Lipinski definition) is 2.